The van der Waals surface area contributed by atoms with Crippen LogP contribution in [-0.2, 0) is 4.74 Å². The maximum Gasteiger partial charge on any atom is 0.0622 e. The second-order valence-corrected chi connectivity index (χ2v) is 6.16. The highest BCUT2D eigenvalue weighted by atomic mass is 16.5. The molecule has 3 nitrogen and oxygen atoms in total. The Labute approximate surface area is 99.3 Å². The van der Waals surface area contributed by atoms with Gasteiger partial charge in [-0.1, -0.05) is 20.3 Å². The molecule has 3 heteroatoms. The van der Waals surface area contributed by atoms with Crippen molar-refractivity contribution in [1.29, 1.82) is 0 Å². The zero-order valence-corrected chi connectivity index (χ0v) is 10.9. The van der Waals surface area contributed by atoms with E-state index in [1.54, 1.807) is 0 Å². The summed E-state index contributed by atoms with van der Waals surface area (Å²) < 4.78 is 5.47. The highest BCUT2D eigenvalue weighted by Gasteiger charge is 2.40. The van der Waals surface area contributed by atoms with Crippen LogP contribution in [0, 0.1) is 5.41 Å². The number of rotatable bonds is 2. The van der Waals surface area contributed by atoms with E-state index in [1.165, 1.54) is 25.7 Å². The molecule has 0 aromatic carbocycles. The quantitative estimate of drug-likeness (QED) is 0.777. The van der Waals surface area contributed by atoms with Crippen LogP contribution in [-0.4, -0.2) is 43.3 Å². The van der Waals surface area contributed by atoms with Crippen molar-refractivity contribution in [2.75, 3.05) is 20.3 Å². The molecule has 2 rings (SSSR count). The lowest BCUT2D eigenvalue weighted by molar-refractivity contribution is 0.0524. The summed E-state index contributed by atoms with van der Waals surface area (Å²) in [4.78, 5) is 2.48. The van der Waals surface area contributed by atoms with Crippen LogP contribution in [0.2, 0.25) is 0 Å². The molecule has 1 aliphatic heterocycles. The summed E-state index contributed by atoms with van der Waals surface area (Å²) in [6.45, 7) is 6.42. The molecule has 2 fully saturated rings. The Kier molecular flexibility index (Phi) is 3.57. The van der Waals surface area contributed by atoms with Crippen molar-refractivity contribution in [3.63, 3.8) is 0 Å². The summed E-state index contributed by atoms with van der Waals surface area (Å²) in [5.41, 5.74) is 6.73. The molecule has 3 unspecified atom stereocenters. The third kappa shape index (κ3) is 2.27. The van der Waals surface area contributed by atoms with Crippen molar-refractivity contribution in [3.05, 3.63) is 0 Å². The van der Waals surface area contributed by atoms with Gasteiger partial charge in [0.1, 0.15) is 0 Å². The lowest BCUT2D eigenvalue weighted by atomic mass is 9.70. The van der Waals surface area contributed by atoms with Crippen LogP contribution >= 0.6 is 0 Å². The number of likely N-dealkylation sites (N-methyl/N-ethyl adjacent to an activating group) is 1. The fraction of sp³-hybridized carbons (Fsp3) is 1.00. The van der Waals surface area contributed by atoms with Crippen molar-refractivity contribution < 1.29 is 4.74 Å². The van der Waals surface area contributed by atoms with Gasteiger partial charge in [-0.15, -0.1) is 0 Å². The first-order valence-corrected chi connectivity index (χ1v) is 6.57. The Morgan fingerprint density at radius 3 is 2.69 bits per heavy atom. The Balaban J connectivity index is 2.01. The summed E-state index contributed by atoms with van der Waals surface area (Å²) in [5, 5.41) is 0. The summed E-state index contributed by atoms with van der Waals surface area (Å²) >= 11 is 0. The molecule has 2 aliphatic rings. The number of hydrogen-bond acceptors (Lipinski definition) is 3. The zero-order chi connectivity index (χ0) is 11.8. The fourth-order valence-corrected chi connectivity index (χ4v) is 3.20. The number of nitrogens with zero attached hydrogens (tertiary/aromatic N) is 1. The van der Waals surface area contributed by atoms with Gasteiger partial charge in [0.25, 0.3) is 0 Å². The largest absolute Gasteiger partial charge is 0.380 e. The van der Waals surface area contributed by atoms with Crippen molar-refractivity contribution in [2.24, 2.45) is 11.1 Å². The molecule has 1 heterocycles. The van der Waals surface area contributed by atoms with Gasteiger partial charge < -0.3 is 10.5 Å². The molecule has 94 valence electrons. The van der Waals surface area contributed by atoms with Crippen LogP contribution in [0.3, 0.4) is 0 Å². The molecule has 0 aromatic rings. The molecule has 0 spiro atoms. The van der Waals surface area contributed by atoms with Crippen LogP contribution in [0.25, 0.3) is 0 Å². The van der Waals surface area contributed by atoms with Crippen LogP contribution in [0.15, 0.2) is 0 Å². The van der Waals surface area contributed by atoms with Gasteiger partial charge in [-0.25, -0.2) is 0 Å². The van der Waals surface area contributed by atoms with Gasteiger partial charge in [-0.3, -0.25) is 4.90 Å². The van der Waals surface area contributed by atoms with Crippen LogP contribution in [0.4, 0.5) is 0 Å². The second kappa shape index (κ2) is 4.63. The van der Waals surface area contributed by atoms with E-state index in [4.69, 9.17) is 10.5 Å². The van der Waals surface area contributed by atoms with E-state index >= 15 is 0 Å². The summed E-state index contributed by atoms with van der Waals surface area (Å²) in [5.74, 6) is 0. The average molecular weight is 226 g/mol. The van der Waals surface area contributed by atoms with Gasteiger partial charge in [0.05, 0.1) is 6.61 Å². The molecular formula is C13H26N2O. The summed E-state index contributed by atoms with van der Waals surface area (Å²) in [6.07, 6.45) is 4.99. The molecule has 2 N–H and O–H groups in total. The topological polar surface area (TPSA) is 38.5 Å². The third-order valence-corrected chi connectivity index (χ3v) is 4.64. The first-order valence-electron chi connectivity index (χ1n) is 6.57. The van der Waals surface area contributed by atoms with E-state index in [-0.39, 0.29) is 5.41 Å². The molecule has 1 aliphatic carbocycles. The van der Waals surface area contributed by atoms with E-state index in [0.29, 0.717) is 18.1 Å². The number of ether oxygens (including phenoxy) is 1. The number of nitrogens with two attached hydrogens (primary N) is 1. The van der Waals surface area contributed by atoms with Crippen LogP contribution in [0.1, 0.15) is 39.5 Å². The predicted octanol–water partition coefficient (Wildman–Crippen LogP) is 1.61. The van der Waals surface area contributed by atoms with E-state index in [9.17, 15) is 0 Å². The average Bonchev–Trinajstić information content (AvgIpc) is 2.74. The molecular weight excluding hydrogens is 200 g/mol. The second-order valence-electron chi connectivity index (χ2n) is 6.16. The Morgan fingerprint density at radius 1 is 1.31 bits per heavy atom. The van der Waals surface area contributed by atoms with Gasteiger partial charge >= 0.3 is 0 Å². The highest BCUT2D eigenvalue weighted by Crippen LogP contribution is 2.37. The lowest BCUT2D eigenvalue weighted by Gasteiger charge is -2.47. The van der Waals surface area contributed by atoms with Crippen molar-refractivity contribution in [1.82, 2.24) is 4.90 Å². The zero-order valence-electron chi connectivity index (χ0n) is 10.9. The maximum absolute atomic E-state index is 6.44. The molecule has 3 atom stereocenters. The first-order chi connectivity index (χ1) is 7.52. The maximum atomic E-state index is 6.44. The van der Waals surface area contributed by atoms with Gasteiger partial charge in [-0.2, -0.15) is 0 Å². The van der Waals surface area contributed by atoms with Gasteiger partial charge in [0.2, 0.25) is 0 Å². The molecule has 0 radical (unpaired) electrons. The molecule has 0 bridgehead atoms. The molecule has 1 saturated heterocycles. The SMILES string of the molecule is CN(C1CCOC1)C1CCCC(C)(C)C1N. The standard InChI is InChI=1S/C13H26N2O/c1-13(2)7-4-5-11(12(13)14)15(3)10-6-8-16-9-10/h10-12H,4-9,14H2,1-3H3. The summed E-state index contributed by atoms with van der Waals surface area (Å²) in [7, 11) is 2.23. The first kappa shape index (κ1) is 12.3. The molecule has 0 aromatic heterocycles. The van der Waals surface area contributed by atoms with Crippen LogP contribution in [0.5, 0.6) is 0 Å². The van der Waals surface area contributed by atoms with Crippen LogP contribution < -0.4 is 5.73 Å². The number of hydrogen-bond donors (Lipinski definition) is 1. The van der Waals surface area contributed by atoms with Crippen molar-refractivity contribution >= 4 is 0 Å². The van der Waals surface area contributed by atoms with Crippen molar-refractivity contribution in [3.8, 4) is 0 Å². The van der Waals surface area contributed by atoms with E-state index in [2.05, 4.69) is 25.8 Å². The van der Waals surface area contributed by atoms with E-state index in [0.717, 1.165) is 13.2 Å². The minimum Gasteiger partial charge on any atom is -0.380 e. The fourth-order valence-electron chi connectivity index (χ4n) is 3.20. The Hall–Kier alpha value is -0.120. The minimum absolute atomic E-state index is 0.288. The monoisotopic (exact) mass is 226 g/mol. The van der Waals surface area contributed by atoms with E-state index in [1.807, 2.05) is 0 Å². The third-order valence-electron chi connectivity index (χ3n) is 4.64. The summed E-state index contributed by atoms with van der Waals surface area (Å²) in [6, 6.07) is 1.42. The smallest absolute Gasteiger partial charge is 0.0622 e. The highest BCUT2D eigenvalue weighted by molar-refractivity contribution is 4.97. The van der Waals surface area contributed by atoms with Gasteiger partial charge in [0, 0.05) is 24.7 Å². The predicted molar refractivity (Wildman–Crippen MR) is 66.4 cm³/mol. The Bertz CT molecular complexity index is 236. The van der Waals surface area contributed by atoms with Crippen molar-refractivity contribution in [2.45, 2.75) is 57.7 Å². The van der Waals surface area contributed by atoms with E-state index < -0.39 is 0 Å². The molecule has 16 heavy (non-hydrogen) atoms. The van der Waals surface area contributed by atoms with Gasteiger partial charge in [0.15, 0.2) is 0 Å². The molecule has 1 saturated carbocycles. The van der Waals surface area contributed by atoms with Gasteiger partial charge in [-0.05, 0) is 31.7 Å². The Morgan fingerprint density at radius 2 is 2.06 bits per heavy atom. The normalized spacial score (nSPS) is 39.2. The lowest BCUT2D eigenvalue weighted by Crippen LogP contribution is -2.58. The molecule has 0 amide bonds. The minimum atomic E-state index is 0.288.